The van der Waals surface area contributed by atoms with Crippen molar-refractivity contribution in [1.82, 2.24) is 0 Å². The molecule has 1 aromatic rings. The summed E-state index contributed by atoms with van der Waals surface area (Å²) in [5.41, 5.74) is -0.0103. The van der Waals surface area contributed by atoms with E-state index < -0.39 is 4.92 Å². The number of Topliss-reactive ketones (excluding diaryl/α,β-unsaturated/α-hetero) is 1. The highest BCUT2D eigenvalue weighted by Gasteiger charge is 2.15. The Morgan fingerprint density at radius 2 is 2.13 bits per heavy atom. The van der Waals surface area contributed by atoms with Gasteiger partial charge in [0, 0.05) is 23.9 Å². The summed E-state index contributed by atoms with van der Waals surface area (Å²) in [4.78, 5) is 21.3. The van der Waals surface area contributed by atoms with Gasteiger partial charge in [-0.3, -0.25) is 14.9 Å². The number of nitro groups is 1. The van der Waals surface area contributed by atoms with Crippen molar-refractivity contribution in [2.45, 2.75) is 6.42 Å². The number of carbonyl (C=O) groups is 1. The molecule has 0 bridgehead atoms. The molecule has 0 aromatic heterocycles. The van der Waals surface area contributed by atoms with Crippen molar-refractivity contribution in [3.8, 4) is 0 Å². The first-order chi connectivity index (χ1) is 7.06. The lowest BCUT2D eigenvalue weighted by molar-refractivity contribution is -0.384. The van der Waals surface area contributed by atoms with Crippen molar-refractivity contribution in [2.75, 3.05) is 5.88 Å². The summed E-state index contributed by atoms with van der Waals surface area (Å²) >= 11 is 11.0. The highest BCUT2D eigenvalue weighted by Crippen LogP contribution is 2.25. The number of ketones is 1. The Morgan fingerprint density at radius 3 is 2.67 bits per heavy atom. The number of nitrogens with zero attached hydrogens (tertiary/aromatic N) is 1. The van der Waals surface area contributed by atoms with Gasteiger partial charge in [0.1, 0.15) is 5.02 Å². The normalized spacial score (nSPS) is 10.0. The van der Waals surface area contributed by atoms with Gasteiger partial charge in [0.15, 0.2) is 5.78 Å². The van der Waals surface area contributed by atoms with E-state index in [1.54, 1.807) is 0 Å². The summed E-state index contributed by atoms with van der Waals surface area (Å²) in [5.74, 6) is -0.0420. The van der Waals surface area contributed by atoms with Crippen molar-refractivity contribution >= 4 is 34.7 Å². The summed E-state index contributed by atoms with van der Waals surface area (Å²) in [5, 5.41) is 10.6. The largest absolute Gasteiger partial charge is 0.294 e. The van der Waals surface area contributed by atoms with E-state index in [1.165, 1.54) is 12.1 Å². The van der Waals surface area contributed by atoms with Gasteiger partial charge in [-0.2, -0.15) is 0 Å². The summed E-state index contributed by atoms with van der Waals surface area (Å²) in [6, 6.07) is 3.95. The van der Waals surface area contributed by atoms with Crippen molar-refractivity contribution in [1.29, 1.82) is 0 Å². The first-order valence-corrected chi connectivity index (χ1v) is 5.00. The topological polar surface area (TPSA) is 60.2 Å². The van der Waals surface area contributed by atoms with Crippen molar-refractivity contribution in [2.24, 2.45) is 0 Å². The van der Waals surface area contributed by atoms with Gasteiger partial charge < -0.3 is 0 Å². The predicted molar refractivity (Wildman–Crippen MR) is 57.8 cm³/mol. The fraction of sp³-hybridized carbons (Fsp3) is 0.222. The Balaban J connectivity index is 3.07. The molecule has 6 heteroatoms. The zero-order chi connectivity index (χ0) is 11.4. The molecule has 15 heavy (non-hydrogen) atoms. The zero-order valence-corrected chi connectivity index (χ0v) is 9.09. The van der Waals surface area contributed by atoms with Crippen LogP contribution < -0.4 is 0 Å². The molecule has 1 rings (SSSR count). The van der Waals surface area contributed by atoms with Gasteiger partial charge in [0.25, 0.3) is 5.69 Å². The van der Waals surface area contributed by atoms with Gasteiger partial charge in [0.2, 0.25) is 0 Å². The SMILES string of the molecule is O=C(CCCl)c1ccc(Cl)c([N+](=O)[O-])c1. The van der Waals surface area contributed by atoms with Gasteiger partial charge in [-0.15, -0.1) is 11.6 Å². The monoisotopic (exact) mass is 247 g/mol. The van der Waals surface area contributed by atoms with E-state index in [0.717, 1.165) is 6.07 Å². The molecule has 0 radical (unpaired) electrons. The van der Waals surface area contributed by atoms with Gasteiger partial charge in [0.05, 0.1) is 4.92 Å². The highest BCUT2D eigenvalue weighted by atomic mass is 35.5. The fourth-order valence-corrected chi connectivity index (χ4v) is 1.41. The second kappa shape index (κ2) is 5.09. The van der Waals surface area contributed by atoms with Crippen LogP contribution >= 0.6 is 23.2 Å². The van der Waals surface area contributed by atoms with Crippen molar-refractivity contribution < 1.29 is 9.72 Å². The summed E-state index contributed by atoms with van der Waals surface area (Å²) < 4.78 is 0. The van der Waals surface area contributed by atoms with Crippen LogP contribution in [0.5, 0.6) is 0 Å². The molecular formula is C9H7Cl2NO3. The Morgan fingerprint density at radius 1 is 1.47 bits per heavy atom. The number of hydrogen-bond acceptors (Lipinski definition) is 3. The lowest BCUT2D eigenvalue weighted by atomic mass is 10.1. The van der Waals surface area contributed by atoms with Crippen LogP contribution in [0.3, 0.4) is 0 Å². The molecule has 0 unspecified atom stereocenters. The lowest BCUT2D eigenvalue weighted by Gasteiger charge is -1.99. The third-order valence-electron chi connectivity index (χ3n) is 1.79. The van der Waals surface area contributed by atoms with E-state index in [1.807, 2.05) is 0 Å². The quantitative estimate of drug-likeness (QED) is 0.356. The molecule has 0 saturated heterocycles. The second-order valence-electron chi connectivity index (χ2n) is 2.79. The van der Waals surface area contributed by atoms with Gasteiger partial charge in [-0.1, -0.05) is 11.6 Å². The molecule has 0 spiro atoms. The van der Waals surface area contributed by atoms with E-state index in [-0.39, 0.29) is 34.4 Å². The summed E-state index contributed by atoms with van der Waals surface area (Å²) in [6.07, 6.45) is 0.153. The first kappa shape index (κ1) is 11.9. The number of rotatable bonds is 4. The van der Waals surface area contributed by atoms with Gasteiger partial charge in [-0.05, 0) is 12.1 Å². The van der Waals surface area contributed by atoms with Crippen LogP contribution in [-0.4, -0.2) is 16.6 Å². The maximum atomic E-state index is 11.4. The minimum Gasteiger partial charge on any atom is -0.294 e. The van der Waals surface area contributed by atoms with Crippen molar-refractivity contribution in [3.05, 3.63) is 38.9 Å². The molecule has 0 aliphatic heterocycles. The molecule has 4 nitrogen and oxygen atoms in total. The Kier molecular flexibility index (Phi) is 4.05. The molecule has 0 amide bonds. The average Bonchev–Trinajstić information content (AvgIpc) is 2.18. The number of halogens is 2. The van der Waals surface area contributed by atoms with Crippen LogP contribution in [-0.2, 0) is 0 Å². The minimum absolute atomic E-state index is 0.0161. The first-order valence-electron chi connectivity index (χ1n) is 4.09. The molecule has 80 valence electrons. The zero-order valence-electron chi connectivity index (χ0n) is 7.57. The molecule has 0 aliphatic rings. The standard InChI is InChI=1S/C9H7Cl2NO3/c10-4-3-9(13)6-1-2-7(11)8(5-6)12(14)15/h1-2,5H,3-4H2. The van der Waals surface area contributed by atoms with Crippen LogP contribution in [0.2, 0.25) is 5.02 Å². The number of carbonyl (C=O) groups excluding carboxylic acids is 1. The third kappa shape index (κ3) is 2.91. The predicted octanol–water partition coefficient (Wildman–Crippen LogP) is 3.06. The molecule has 0 N–H and O–H groups in total. The van der Waals surface area contributed by atoms with Crippen LogP contribution in [0.4, 0.5) is 5.69 Å². The van der Waals surface area contributed by atoms with Crippen LogP contribution in [0, 0.1) is 10.1 Å². The van der Waals surface area contributed by atoms with E-state index in [4.69, 9.17) is 23.2 Å². The maximum Gasteiger partial charge on any atom is 0.288 e. The van der Waals surface area contributed by atoms with Crippen LogP contribution in [0.1, 0.15) is 16.8 Å². The maximum absolute atomic E-state index is 11.4. The lowest BCUT2D eigenvalue weighted by Crippen LogP contribution is -2.01. The number of alkyl halides is 1. The summed E-state index contributed by atoms with van der Waals surface area (Å²) in [6.45, 7) is 0. The van der Waals surface area contributed by atoms with E-state index in [2.05, 4.69) is 0 Å². The van der Waals surface area contributed by atoms with Gasteiger partial charge in [-0.25, -0.2) is 0 Å². The third-order valence-corrected chi connectivity index (χ3v) is 2.29. The minimum atomic E-state index is -0.625. The Bertz CT molecular complexity index is 406. The smallest absolute Gasteiger partial charge is 0.288 e. The Labute approximate surface area is 95.9 Å². The molecule has 0 atom stereocenters. The summed E-state index contributed by atoms with van der Waals surface area (Å²) in [7, 11) is 0. The Hall–Kier alpha value is -1.13. The number of benzene rings is 1. The highest BCUT2D eigenvalue weighted by molar-refractivity contribution is 6.32. The molecule has 0 fully saturated rings. The van der Waals surface area contributed by atoms with E-state index >= 15 is 0 Å². The van der Waals surface area contributed by atoms with Crippen LogP contribution in [0.25, 0.3) is 0 Å². The fourth-order valence-electron chi connectivity index (χ4n) is 1.06. The van der Waals surface area contributed by atoms with E-state index in [0.29, 0.717) is 0 Å². The number of nitro benzene ring substituents is 1. The van der Waals surface area contributed by atoms with E-state index in [9.17, 15) is 14.9 Å². The molecule has 1 aromatic carbocycles. The molecule has 0 saturated carbocycles. The van der Waals surface area contributed by atoms with Gasteiger partial charge >= 0.3 is 0 Å². The molecular weight excluding hydrogens is 241 g/mol. The average molecular weight is 248 g/mol. The molecule has 0 heterocycles. The van der Waals surface area contributed by atoms with Crippen molar-refractivity contribution in [3.63, 3.8) is 0 Å². The second-order valence-corrected chi connectivity index (χ2v) is 3.57. The van der Waals surface area contributed by atoms with Crippen LogP contribution in [0.15, 0.2) is 18.2 Å². The number of hydrogen-bond donors (Lipinski definition) is 0. The molecule has 0 aliphatic carbocycles.